The highest BCUT2D eigenvalue weighted by atomic mass is 16.5. The number of nitrogens with one attached hydrogen (secondary N) is 1. The highest BCUT2D eigenvalue weighted by Gasteiger charge is 2.16. The summed E-state index contributed by atoms with van der Waals surface area (Å²) in [6, 6.07) is 3.64. The number of aryl methyl sites for hydroxylation is 2. The molecule has 1 heterocycles. The summed E-state index contributed by atoms with van der Waals surface area (Å²) in [7, 11) is 0. The third-order valence-electron chi connectivity index (χ3n) is 3.23. The molecule has 0 saturated heterocycles. The molecule has 21 heavy (non-hydrogen) atoms. The van der Waals surface area contributed by atoms with Crippen molar-refractivity contribution in [2.75, 3.05) is 0 Å². The Labute approximate surface area is 122 Å². The van der Waals surface area contributed by atoms with Crippen LogP contribution < -0.4 is 5.32 Å². The number of amides is 1. The first kappa shape index (κ1) is 14.9. The largest absolute Gasteiger partial charge is 0.508 e. The van der Waals surface area contributed by atoms with E-state index in [-0.39, 0.29) is 29.0 Å². The van der Waals surface area contributed by atoms with Crippen molar-refractivity contribution >= 4 is 5.91 Å². The molecule has 2 aromatic rings. The van der Waals surface area contributed by atoms with E-state index in [1.54, 1.807) is 0 Å². The van der Waals surface area contributed by atoms with Crippen LogP contribution in [0, 0.1) is 13.8 Å². The number of carbonyl (C=O) groups is 1. The second kappa shape index (κ2) is 5.87. The number of nitrogens with zero attached hydrogens (tertiary/aromatic N) is 1. The highest BCUT2D eigenvalue weighted by molar-refractivity contribution is 5.95. The van der Waals surface area contributed by atoms with Crippen molar-refractivity contribution in [2.45, 2.75) is 33.2 Å². The van der Waals surface area contributed by atoms with Crippen LogP contribution in [0.1, 0.15) is 34.3 Å². The Kier molecular flexibility index (Phi) is 4.16. The minimum Gasteiger partial charge on any atom is -0.508 e. The standard InChI is InChI=1S/C15H18N2O4/c1-8(4-14-9(2)17-21-10(14)3)16-15(20)11-5-12(18)7-13(19)6-11/h5-8,18-19H,4H2,1-3H3,(H,16,20)/t8-/m1/s1. The number of phenols is 2. The van der Waals surface area contributed by atoms with Gasteiger partial charge in [0.1, 0.15) is 17.3 Å². The lowest BCUT2D eigenvalue weighted by Gasteiger charge is -2.14. The predicted octanol–water partition coefficient (Wildman–Crippen LogP) is 2.06. The van der Waals surface area contributed by atoms with Crippen LogP contribution in [-0.4, -0.2) is 27.3 Å². The molecule has 0 radical (unpaired) electrons. The molecule has 0 spiro atoms. The van der Waals surface area contributed by atoms with E-state index >= 15 is 0 Å². The normalized spacial score (nSPS) is 12.1. The van der Waals surface area contributed by atoms with Crippen molar-refractivity contribution in [1.29, 1.82) is 0 Å². The molecular weight excluding hydrogens is 272 g/mol. The SMILES string of the molecule is Cc1noc(C)c1C[C@@H](C)NC(=O)c1cc(O)cc(O)c1. The summed E-state index contributed by atoms with van der Waals surface area (Å²) < 4.78 is 5.09. The van der Waals surface area contributed by atoms with Gasteiger partial charge in [0.15, 0.2) is 0 Å². The van der Waals surface area contributed by atoms with E-state index in [0.29, 0.717) is 6.42 Å². The van der Waals surface area contributed by atoms with Gasteiger partial charge < -0.3 is 20.1 Å². The van der Waals surface area contributed by atoms with Crippen LogP contribution in [-0.2, 0) is 6.42 Å². The molecule has 6 nitrogen and oxygen atoms in total. The fraction of sp³-hybridized carbons (Fsp3) is 0.333. The molecule has 0 aliphatic carbocycles. The zero-order valence-corrected chi connectivity index (χ0v) is 12.2. The molecular formula is C15H18N2O4. The Morgan fingerprint density at radius 2 is 1.90 bits per heavy atom. The quantitative estimate of drug-likeness (QED) is 0.801. The number of carbonyl (C=O) groups excluding carboxylic acids is 1. The molecule has 0 unspecified atom stereocenters. The molecule has 0 bridgehead atoms. The van der Waals surface area contributed by atoms with Gasteiger partial charge in [-0.1, -0.05) is 5.16 Å². The average Bonchev–Trinajstić information content (AvgIpc) is 2.69. The second-order valence-electron chi connectivity index (χ2n) is 5.12. The third-order valence-corrected chi connectivity index (χ3v) is 3.23. The van der Waals surface area contributed by atoms with Crippen LogP contribution in [0.4, 0.5) is 0 Å². The van der Waals surface area contributed by atoms with Gasteiger partial charge in [-0.05, 0) is 39.3 Å². The second-order valence-corrected chi connectivity index (χ2v) is 5.12. The number of hydrogen-bond acceptors (Lipinski definition) is 5. The van der Waals surface area contributed by atoms with Gasteiger partial charge in [0.2, 0.25) is 0 Å². The Morgan fingerprint density at radius 3 is 2.43 bits per heavy atom. The Morgan fingerprint density at radius 1 is 1.29 bits per heavy atom. The van der Waals surface area contributed by atoms with Gasteiger partial charge in [-0.25, -0.2) is 0 Å². The van der Waals surface area contributed by atoms with E-state index in [0.717, 1.165) is 17.0 Å². The summed E-state index contributed by atoms with van der Waals surface area (Å²) in [6.45, 7) is 5.55. The topological polar surface area (TPSA) is 95.6 Å². The molecule has 1 aromatic heterocycles. The molecule has 0 aliphatic heterocycles. The molecule has 1 amide bonds. The molecule has 112 valence electrons. The van der Waals surface area contributed by atoms with E-state index in [9.17, 15) is 15.0 Å². The fourth-order valence-corrected chi connectivity index (χ4v) is 2.18. The summed E-state index contributed by atoms with van der Waals surface area (Å²) >= 11 is 0. The maximum Gasteiger partial charge on any atom is 0.251 e. The van der Waals surface area contributed by atoms with Crippen LogP contribution in [0.2, 0.25) is 0 Å². The van der Waals surface area contributed by atoms with Crippen LogP contribution in [0.15, 0.2) is 22.7 Å². The first-order valence-corrected chi connectivity index (χ1v) is 6.62. The minimum absolute atomic E-state index is 0.140. The first-order chi connectivity index (χ1) is 9.86. The van der Waals surface area contributed by atoms with Crippen molar-refractivity contribution in [1.82, 2.24) is 10.5 Å². The van der Waals surface area contributed by atoms with Crippen LogP contribution in [0.5, 0.6) is 11.5 Å². The zero-order valence-electron chi connectivity index (χ0n) is 12.2. The molecule has 1 atom stereocenters. The van der Waals surface area contributed by atoms with E-state index in [1.165, 1.54) is 18.2 Å². The summed E-state index contributed by atoms with van der Waals surface area (Å²) in [4.78, 5) is 12.1. The molecule has 1 aromatic carbocycles. The number of aromatic nitrogens is 1. The van der Waals surface area contributed by atoms with Crippen LogP contribution in [0.25, 0.3) is 0 Å². The lowest BCUT2D eigenvalue weighted by atomic mass is 10.1. The van der Waals surface area contributed by atoms with E-state index in [1.807, 2.05) is 20.8 Å². The van der Waals surface area contributed by atoms with Gasteiger partial charge >= 0.3 is 0 Å². The van der Waals surface area contributed by atoms with Crippen molar-refractivity contribution in [3.8, 4) is 11.5 Å². The Hall–Kier alpha value is -2.50. The Bertz CT molecular complexity index is 624. The van der Waals surface area contributed by atoms with Gasteiger partial charge in [-0.3, -0.25) is 4.79 Å². The number of aromatic hydroxyl groups is 2. The monoisotopic (exact) mass is 290 g/mol. The fourth-order valence-electron chi connectivity index (χ4n) is 2.18. The number of rotatable bonds is 4. The lowest BCUT2D eigenvalue weighted by Crippen LogP contribution is -2.34. The van der Waals surface area contributed by atoms with E-state index in [4.69, 9.17) is 4.52 Å². The number of benzene rings is 1. The summed E-state index contributed by atoms with van der Waals surface area (Å²) in [6.07, 6.45) is 0.595. The molecule has 0 saturated carbocycles. The van der Waals surface area contributed by atoms with Gasteiger partial charge in [0.25, 0.3) is 5.91 Å². The maximum absolute atomic E-state index is 12.1. The predicted molar refractivity (Wildman–Crippen MR) is 76.4 cm³/mol. The smallest absolute Gasteiger partial charge is 0.251 e. The maximum atomic E-state index is 12.1. The van der Waals surface area contributed by atoms with E-state index in [2.05, 4.69) is 10.5 Å². The minimum atomic E-state index is -0.361. The summed E-state index contributed by atoms with van der Waals surface area (Å²) in [5.74, 6) is 0.0705. The number of phenolic OH excluding ortho intramolecular Hbond substituents is 2. The van der Waals surface area contributed by atoms with Crippen molar-refractivity contribution in [2.24, 2.45) is 0 Å². The van der Waals surface area contributed by atoms with Crippen molar-refractivity contribution in [3.63, 3.8) is 0 Å². The van der Waals surface area contributed by atoms with Gasteiger partial charge in [-0.2, -0.15) is 0 Å². The van der Waals surface area contributed by atoms with Crippen LogP contribution >= 0.6 is 0 Å². The summed E-state index contributed by atoms with van der Waals surface area (Å²) in [5.41, 5.74) is 1.99. The summed E-state index contributed by atoms with van der Waals surface area (Å²) in [5, 5.41) is 25.5. The molecule has 3 N–H and O–H groups in total. The Balaban J connectivity index is 2.05. The molecule has 6 heteroatoms. The van der Waals surface area contributed by atoms with Gasteiger partial charge in [0.05, 0.1) is 5.69 Å². The van der Waals surface area contributed by atoms with Crippen LogP contribution in [0.3, 0.4) is 0 Å². The number of hydrogen-bond donors (Lipinski definition) is 3. The van der Waals surface area contributed by atoms with Gasteiger partial charge in [0, 0.05) is 23.2 Å². The zero-order chi connectivity index (χ0) is 15.6. The first-order valence-electron chi connectivity index (χ1n) is 6.62. The molecule has 0 fully saturated rings. The molecule has 2 rings (SSSR count). The van der Waals surface area contributed by atoms with E-state index < -0.39 is 0 Å². The van der Waals surface area contributed by atoms with Crippen molar-refractivity contribution < 1.29 is 19.5 Å². The average molecular weight is 290 g/mol. The highest BCUT2D eigenvalue weighted by Crippen LogP contribution is 2.20. The molecule has 0 aliphatic rings. The third kappa shape index (κ3) is 3.53. The lowest BCUT2D eigenvalue weighted by molar-refractivity contribution is 0.0939. The van der Waals surface area contributed by atoms with Gasteiger partial charge in [-0.15, -0.1) is 0 Å². The van der Waals surface area contributed by atoms with Crippen molar-refractivity contribution in [3.05, 3.63) is 40.8 Å².